The highest BCUT2D eigenvalue weighted by Gasteiger charge is 2.25. The van der Waals surface area contributed by atoms with E-state index in [0.717, 1.165) is 9.13 Å². The first-order valence-corrected chi connectivity index (χ1v) is 11.8. The van der Waals surface area contributed by atoms with Crippen LogP contribution in [0.25, 0.3) is 6.08 Å². The molecule has 3 aromatic carbocycles. The van der Waals surface area contributed by atoms with Crippen LogP contribution < -0.4 is 9.47 Å². The molecular formula is C24H15Cl3INO4. The summed E-state index contributed by atoms with van der Waals surface area (Å²) in [4.78, 5) is 16.6. The Bertz CT molecular complexity index is 1290. The minimum Gasteiger partial charge on any atom is -0.493 e. The molecule has 9 heteroatoms. The molecule has 1 heterocycles. The van der Waals surface area contributed by atoms with E-state index in [2.05, 4.69) is 27.6 Å². The van der Waals surface area contributed by atoms with Crippen molar-refractivity contribution in [3.05, 3.63) is 95.6 Å². The summed E-state index contributed by atoms with van der Waals surface area (Å²) in [6, 6.07) is 16.2. The van der Waals surface area contributed by atoms with Crippen molar-refractivity contribution < 1.29 is 19.0 Å². The van der Waals surface area contributed by atoms with Crippen LogP contribution in [0.5, 0.6) is 11.5 Å². The number of hydrogen-bond acceptors (Lipinski definition) is 5. The van der Waals surface area contributed by atoms with Crippen molar-refractivity contribution in [2.75, 3.05) is 7.11 Å². The van der Waals surface area contributed by atoms with Gasteiger partial charge in [0, 0.05) is 9.13 Å². The lowest BCUT2D eigenvalue weighted by Gasteiger charge is -2.13. The quantitative estimate of drug-likeness (QED) is 0.168. The predicted octanol–water partition coefficient (Wildman–Crippen LogP) is 7.18. The van der Waals surface area contributed by atoms with Crippen molar-refractivity contribution in [1.29, 1.82) is 0 Å². The van der Waals surface area contributed by atoms with Crippen molar-refractivity contribution in [2.45, 2.75) is 6.61 Å². The van der Waals surface area contributed by atoms with Gasteiger partial charge in [-0.15, -0.1) is 0 Å². The molecule has 33 heavy (non-hydrogen) atoms. The van der Waals surface area contributed by atoms with Crippen molar-refractivity contribution in [1.82, 2.24) is 0 Å². The Morgan fingerprint density at radius 3 is 2.45 bits per heavy atom. The molecule has 0 aromatic heterocycles. The van der Waals surface area contributed by atoms with E-state index in [1.807, 2.05) is 24.3 Å². The number of aliphatic imine (C=N–C) groups is 1. The van der Waals surface area contributed by atoms with Gasteiger partial charge in [-0.05, 0) is 82.3 Å². The third-order valence-corrected chi connectivity index (χ3v) is 6.38. The lowest BCUT2D eigenvalue weighted by molar-refractivity contribution is -0.129. The largest absolute Gasteiger partial charge is 0.493 e. The van der Waals surface area contributed by atoms with Crippen LogP contribution in [0, 0.1) is 3.57 Å². The second kappa shape index (κ2) is 10.3. The fraction of sp³-hybridized carbons (Fsp3) is 0.0833. The normalized spacial score (nSPS) is 14.3. The van der Waals surface area contributed by atoms with Crippen molar-refractivity contribution >= 4 is 75.3 Å². The van der Waals surface area contributed by atoms with Crippen LogP contribution in [0.3, 0.4) is 0 Å². The molecule has 0 radical (unpaired) electrons. The fourth-order valence-corrected chi connectivity index (χ4v) is 3.95. The molecule has 0 fully saturated rings. The number of rotatable bonds is 6. The van der Waals surface area contributed by atoms with Gasteiger partial charge in [0.05, 0.1) is 22.2 Å². The van der Waals surface area contributed by atoms with E-state index in [0.29, 0.717) is 44.3 Å². The van der Waals surface area contributed by atoms with Gasteiger partial charge >= 0.3 is 5.97 Å². The molecular weight excluding hydrogens is 600 g/mol. The number of benzene rings is 3. The standard InChI is InChI=1S/C24H15Cl3INO4/c1-31-21-10-14(8-19(27)22(21)32-12-13-2-5-16(28)6-3-13)9-20-24(30)33-23(29-20)15-4-7-17(25)18(26)11-15/h2-11H,12H2,1H3/b20-9-. The SMILES string of the molecule is COc1cc(/C=C2\N=C(c3ccc(Cl)c(Cl)c3)OC2=O)cc(Cl)c1OCc1ccc(I)cc1. The van der Waals surface area contributed by atoms with Crippen molar-refractivity contribution in [3.8, 4) is 11.5 Å². The van der Waals surface area contributed by atoms with Gasteiger partial charge in [-0.2, -0.15) is 0 Å². The first-order valence-electron chi connectivity index (χ1n) is 9.57. The van der Waals surface area contributed by atoms with E-state index in [4.69, 9.17) is 49.0 Å². The molecule has 0 amide bonds. The monoisotopic (exact) mass is 613 g/mol. The van der Waals surface area contributed by atoms with Gasteiger partial charge in [-0.3, -0.25) is 0 Å². The molecule has 168 valence electrons. The maximum atomic E-state index is 12.4. The second-order valence-corrected chi connectivity index (χ2v) is 9.38. The maximum absolute atomic E-state index is 12.4. The number of cyclic esters (lactones) is 1. The number of carbonyl (C=O) groups is 1. The summed E-state index contributed by atoms with van der Waals surface area (Å²) in [5.41, 5.74) is 2.25. The molecule has 0 unspecified atom stereocenters. The lowest BCUT2D eigenvalue weighted by atomic mass is 10.1. The van der Waals surface area contributed by atoms with Gasteiger partial charge in [0.25, 0.3) is 0 Å². The van der Waals surface area contributed by atoms with Crippen LogP contribution in [0.4, 0.5) is 0 Å². The van der Waals surface area contributed by atoms with E-state index >= 15 is 0 Å². The summed E-state index contributed by atoms with van der Waals surface area (Å²) in [5.74, 6) is 0.388. The Balaban J connectivity index is 1.59. The molecule has 0 aliphatic carbocycles. The summed E-state index contributed by atoms with van der Waals surface area (Å²) in [5, 5.41) is 1.07. The first-order chi connectivity index (χ1) is 15.8. The van der Waals surface area contributed by atoms with Gasteiger partial charge in [-0.25, -0.2) is 9.79 Å². The van der Waals surface area contributed by atoms with Gasteiger partial charge in [0.1, 0.15) is 6.61 Å². The number of hydrogen-bond donors (Lipinski definition) is 0. The summed E-state index contributed by atoms with van der Waals surface area (Å²) in [6.45, 7) is 0.330. The average Bonchev–Trinajstić information content (AvgIpc) is 3.15. The van der Waals surface area contributed by atoms with E-state index < -0.39 is 5.97 Å². The number of esters is 1. The number of halogens is 4. The van der Waals surface area contributed by atoms with Crippen molar-refractivity contribution in [2.24, 2.45) is 4.99 Å². The molecule has 0 bridgehead atoms. The molecule has 5 nitrogen and oxygen atoms in total. The minimum atomic E-state index is -0.592. The van der Waals surface area contributed by atoms with Gasteiger partial charge < -0.3 is 14.2 Å². The van der Waals surface area contributed by atoms with E-state index in [1.54, 1.807) is 36.4 Å². The fourth-order valence-electron chi connectivity index (χ4n) is 3.02. The highest BCUT2D eigenvalue weighted by Crippen LogP contribution is 2.38. The van der Waals surface area contributed by atoms with Gasteiger partial charge in [0.15, 0.2) is 17.2 Å². The molecule has 4 rings (SSSR count). The molecule has 0 saturated carbocycles. The van der Waals surface area contributed by atoms with Gasteiger partial charge in [-0.1, -0.05) is 46.9 Å². The molecule has 1 aliphatic heterocycles. The number of methoxy groups -OCH3 is 1. The number of carbonyl (C=O) groups excluding carboxylic acids is 1. The average molecular weight is 615 g/mol. The summed E-state index contributed by atoms with van der Waals surface area (Å²) < 4.78 is 17.8. The topological polar surface area (TPSA) is 57.1 Å². The molecule has 0 spiro atoms. The molecule has 0 atom stereocenters. The van der Waals surface area contributed by atoms with Crippen LogP contribution >= 0.6 is 57.4 Å². The molecule has 0 saturated heterocycles. The van der Waals surface area contributed by atoms with E-state index in [9.17, 15) is 4.79 Å². The zero-order valence-electron chi connectivity index (χ0n) is 17.1. The summed E-state index contributed by atoms with van der Waals surface area (Å²) in [7, 11) is 1.52. The number of ether oxygens (including phenoxy) is 3. The summed E-state index contributed by atoms with van der Waals surface area (Å²) >= 11 is 20.7. The van der Waals surface area contributed by atoms with Crippen LogP contribution in [0.1, 0.15) is 16.7 Å². The molecule has 3 aromatic rings. The molecule has 0 N–H and O–H groups in total. The van der Waals surface area contributed by atoms with E-state index in [-0.39, 0.29) is 11.6 Å². The Hall–Kier alpha value is -2.26. The minimum absolute atomic E-state index is 0.113. The smallest absolute Gasteiger partial charge is 0.363 e. The highest BCUT2D eigenvalue weighted by atomic mass is 127. The van der Waals surface area contributed by atoms with Gasteiger partial charge in [0.2, 0.25) is 5.90 Å². The maximum Gasteiger partial charge on any atom is 0.363 e. The highest BCUT2D eigenvalue weighted by molar-refractivity contribution is 14.1. The molecule has 1 aliphatic rings. The number of nitrogens with zero attached hydrogens (tertiary/aromatic N) is 1. The van der Waals surface area contributed by atoms with Crippen LogP contribution in [-0.2, 0) is 16.1 Å². The Morgan fingerprint density at radius 1 is 1.00 bits per heavy atom. The zero-order valence-corrected chi connectivity index (χ0v) is 21.5. The Morgan fingerprint density at radius 2 is 1.76 bits per heavy atom. The van der Waals surface area contributed by atoms with E-state index in [1.165, 1.54) is 7.11 Å². The Labute approximate surface area is 219 Å². The third kappa shape index (κ3) is 5.63. The Kier molecular flexibility index (Phi) is 7.48. The lowest BCUT2D eigenvalue weighted by Crippen LogP contribution is -2.05. The van der Waals surface area contributed by atoms with Crippen LogP contribution in [0.2, 0.25) is 15.1 Å². The van der Waals surface area contributed by atoms with Crippen molar-refractivity contribution in [3.63, 3.8) is 0 Å². The van der Waals surface area contributed by atoms with Crippen LogP contribution in [0.15, 0.2) is 65.3 Å². The zero-order chi connectivity index (χ0) is 23.5. The summed E-state index contributed by atoms with van der Waals surface area (Å²) in [6.07, 6.45) is 1.56. The first kappa shape index (κ1) is 23.9. The second-order valence-electron chi connectivity index (χ2n) is 6.91. The third-order valence-electron chi connectivity index (χ3n) is 4.64. The predicted molar refractivity (Wildman–Crippen MR) is 139 cm³/mol. The van der Waals surface area contributed by atoms with Crippen LogP contribution in [-0.4, -0.2) is 19.0 Å².